The molecular formula is C30H33NO12. The molecule has 5 N–H and O–H groups in total. The van der Waals surface area contributed by atoms with E-state index in [1.807, 2.05) is 0 Å². The summed E-state index contributed by atoms with van der Waals surface area (Å²) in [6.45, 7) is 2.90. The van der Waals surface area contributed by atoms with E-state index in [1.165, 1.54) is 32.2 Å². The average Bonchev–Trinajstić information content (AvgIpc) is 2.95. The first-order chi connectivity index (χ1) is 20.4. The molecule has 6 rings (SSSR count). The van der Waals surface area contributed by atoms with Crippen LogP contribution in [0.1, 0.15) is 75.8 Å². The van der Waals surface area contributed by atoms with E-state index in [2.05, 4.69) is 5.32 Å². The monoisotopic (exact) mass is 599 g/mol. The molecule has 0 radical (unpaired) electrons. The Bertz CT molecular complexity index is 1510. The van der Waals surface area contributed by atoms with Gasteiger partial charge in [0.05, 0.1) is 42.6 Å². The number of carbonyl (C=O) groups excluding carboxylic acids is 3. The van der Waals surface area contributed by atoms with Crippen molar-refractivity contribution in [1.29, 1.82) is 0 Å². The van der Waals surface area contributed by atoms with Crippen LogP contribution >= 0.6 is 0 Å². The second-order valence-corrected chi connectivity index (χ2v) is 11.4. The fourth-order valence-corrected chi connectivity index (χ4v) is 6.61. The second kappa shape index (κ2) is 10.9. The van der Waals surface area contributed by atoms with Gasteiger partial charge in [-0.3, -0.25) is 19.7 Å². The maximum Gasteiger partial charge on any atom is 0.202 e. The van der Waals surface area contributed by atoms with Crippen molar-refractivity contribution in [3.05, 3.63) is 51.6 Å². The fraction of sp³-hybridized carbons (Fsp3) is 0.500. The summed E-state index contributed by atoms with van der Waals surface area (Å²) >= 11 is 0. The standard InChI is InChI=1S/C30H33NO12/c1-12-29-16(31-19(33)10-40-11-41-29)7-20(42-12)43-18-9-30(38,13(2)32)8-15-22(18)28(37)24-23(26(15)35)25(34)14-5-4-6-17(39-3)21(14)27(24)36/h4-6,12,16,18-20,29,31,33,35,37-38H,7-11H2,1-3H3/t12-,16-,18-,19?,20-,29+,30-/m0/s1. The van der Waals surface area contributed by atoms with Crippen LogP contribution in [0.25, 0.3) is 0 Å². The van der Waals surface area contributed by atoms with E-state index in [1.54, 1.807) is 6.92 Å². The Hall–Kier alpha value is -3.43. The Morgan fingerprint density at radius 1 is 1.12 bits per heavy atom. The van der Waals surface area contributed by atoms with E-state index in [-0.39, 0.29) is 54.2 Å². The number of Topliss-reactive ketones (excluding diaryl/α,β-unsaturated/α-hetero) is 1. The quantitative estimate of drug-likeness (QED) is 0.267. The lowest BCUT2D eigenvalue weighted by Gasteiger charge is -2.44. The molecular weight excluding hydrogens is 566 g/mol. The molecule has 2 fully saturated rings. The largest absolute Gasteiger partial charge is 0.507 e. The highest BCUT2D eigenvalue weighted by Crippen LogP contribution is 2.52. The molecule has 230 valence electrons. The van der Waals surface area contributed by atoms with Crippen LogP contribution < -0.4 is 10.1 Å². The summed E-state index contributed by atoms with van der Waals surface area (Å²) in [5.74, 6) is -3.17. The number of ketones is 3. The summed E-state index contributed by atoms with van der Waals surface area (Å²) in [4.78, 5) is 40.1. The highest BCUT2D eigenvalue weighted by molar-refractivity contribution is 6.31. The lowest BCUT2D eigenvalue weighted by Crippen LogP contribution is -2.59. The Labute approximate surface area is 246 Å². The van der Waals surface area contributed by atoms with Crippen molar-refractivity contribution < 1.29 is 58.5 Å². The molecule has 43 heavy (non-hydrogen) atoms. The first-order valence-corrected chi connectivity index (χ1v) is 14.0. The van der Waals surface area contributed by atoms with Gasteiger partial charge in [0.2, 0.25) is 5.78 Å². The number of hydrogen-bond acceptors (Lipinski definition) is 13. The summed E-state index contributed by atoms with van der Waals surface area (Å²) in [5.41, 5.74) is -3.05. The van der Waals surface area contributed by atoms with Crippen LogP contribution in [0.3, 0.4) is 0 Å². The van der Waals surface area contributed by atoms with Crippen LogP contribution in [-0.4, -0.2) is 94.7 Å². The Kier molecular flexibility index (Phi) is 7.53. The number of ether oxygens (including phenoxy) is 5. The van der Waals surface area contributed by atoms with Gasteiger partial charge in [0.15, 0.2) is 17.9 Å². The molecule has 2 saturated heterocycles. The molecule has 0 aromatic heterocycles. The molecule has 2 aromatic carbocycles. The van der Waals surface area contributed by atoms with Crippen molar-refractivity contribution in [3.63, 3.8) is 0 Å². The predicted octanol–water partition coefficient (Wildman–Crippen LogP) is 0.990. The van der Waals surface area contributed by atoms with Crippen molar-refractivity contribution >= 4 is 17.3 Å². The van der Waals surface area contributed by atoms with Gasteiger partial charge >= 0.3 is 0 Å². The van der Waals surface area contributed by atoms with E-state index in [4.69, 9.17) is 23.7 Å². The first kappa shape index (κ1) is 29.6. The molecule has 4 aliphatic rings. The van der Waals surface area contributed by atoms with Crippen LogP contribution in [0.15, 0.2) is 18.2 Å². The highest BCUT2D eigenvalue weighted by atomic mass is 16.7. The molecule has 1 unspecified atom stereocenters. The summed E-state index contributed by atoms with van der Waals surface area (Å²) in [5, 5.41) is 47.8. The van der Waals surface area contributed by atoms with E-state index in [9.17, 15) is 34.8 Å². The molecule has 0 bridgehead atoms. The zero-order chi connectivity index (χ0) is 30.8. The minimum Gasteiger partial charge on any atom is -0.507 e. The number of aromatic hydroxyl groups is 2. The van der Waals surface area contributed by atoms with Gasteiger partial charge < -0.3 is 44.1 Å². The number of methoxy groups -OCH3 is 1. The van der Waals surface area contributed by atoms with E-state index in [0.29, 0.717) is 0 Å². The van der Waals surface area contributed by atoms with Crippen LogP contribution in [0.5, 0.6) is 17.2 Å². The molecule has 2 aliphatic carbocycles. The maximum absolute atomic E-state index is 13.8. The normalized spacial score (nSPS) is 32.0. The van der Waals surface area contributed by atoms with Gasteiger partial charge in [-0.1, -0.05) is 12.1 Å². The Morgan fingerprint density at radius 3 is 2.58 bits per heavy atom. The third kappa shape index (κ3) is 4.81. The smallest absolute Gasteiger partial charge is 0.202 e. The highest BCUT2D eigenvalue weighted by Gasteiger charge is 2.50. The molecule has 13 heteroatoms. The van der Waals surface area contributed by atoms with Gasteiger partial charge in [-0.05, 0) is 19.9 Å². The lowest BCUT2D eigenvalue weighted by molar-refractivity contribution is -0.273. The molecule has 0 saturated carbocycles. The van der Waals surface area contributed by atoms with E-state index >= 15 is 0 Å². The topological polar surface area (TPSA) is 190 Å². The first-order valence-electron chi connectivity index (χ1n) is 14.0. The van der Waals surface area contributed by atoms with Gasteiger partial charge in [-0.25, -0.2) is 0 Å². The summed E-state index contributed by atoms with van der Waals surface area (Å²) < 4.78 is 28.7. The summed E-state index contributed by atoms with van der Waals surface area (Å²) in [6.07, 6.45) is -4.83. The van der Waals surface area contributed by atoms with Crippen molar-refractivity contribution in [2.75, 3.05) is 20.5 Å². The maximum atomic E-state index is 13.8. The number of benzene rings is 2. The SMILES string of the molecule is COc1cccc2c1C(=O)c1c(O)c3c(c(O)c1C2=O)C[C@@](O)(C(C)=O)C[C@@H]3O[C@H]1C[C@@H]2NC(O)COCO[C@@H]2[C@H](C)O1. The number of hydrogen-bond donors (Lipinski definition) is 5. The van der Waals surface area contributed by atoms with Crippen LogP contribution in [-0.2, 0) is 30.2 Å². The minimum absolute atomic E-state index is 0.00451. The van der Waals surface area contributed by atoms with Crippen molar-refractivity contribution in [2.45, 2.75) is 75.6 Å². The number of phenolic OH excluding ortho intramolecular Hbond substituents is 2. The van der Waals surface area contributed by atoms with Crippen LogP contribution in [0.4, 0.5) is 0 Å². The molecule has 2 heterocycles. The predicted molar refractivity (Wildman–Crippen MR) is 145 cm³/mol. The molecule has 7 atom stereocenters. The van der Waals surface area contributed by atoms with E-state index < -0.39 is 88.9 Å². The van der Waals surface area contributed by atoms with Crippen molar-refractivity contribution in [2.24, 2.45) is 0 Å². The zero-order valence-electron chi connectivity index (χ0n) is 23.8. The molecule has 2 aliphatic heterocycles. The number of aliphatic hydroxyl groups is 2. The van der Waals surface area contributed by atoms with Gasteiger partial charge in [-0.15, -0.1) is 0 Å². The number of carbonyl (C=O) groups is 3. The van der Waals surface area contributed by atoms with Gasteiger partial charge in [0, 0.05) is 42.0 Å². The second-order valence-electron chi connectivity index (χ2n) is 11.4. The van der Waals surface area contributed by atoms with Gasteiger partial charge in [0.1, 0.15) is 42.0 Å². The molecule has 2 aromatic rings. The van der Waals surface area contributed by atoms with Gasteiger partial charge in [-0.2, -0.15) is 0 Å². The van der Waals surface area contributed by atoms with Crippen molar-refractivity contribution in [3.8, 4) is 17.2 Å². The number of phenols is 2. The van der Waals surface area contributed by atoms with Crippen LogP contribution in [0, 0.1) is 0 Å². The third-order valence-corrected chi connectivity index (χ3v) is 8.75. The Balaban J connectivity index is 1.44. The minimum atomic E-state index is -2.02. The third-order valence-electron chi connectivity index (χ3n) is 8.75. The fourth-order valence-electron chi connectivity index (χ4n) is 6.61. The lowest BCUT2D eigenvalue weighted by atomic mass is 9.72. The van der Waals surface area contributed by atoms with Crippen LogP contribution in [0.2, 0.25) is 0 Å². The number of fused-ring (bicyclic) bond motifs is 4. The molecule has 0 spiro atoms. The van der Waals surface area contributed by atoms with Crippen molar-refractivity contribution in [1.82, 2.24) is 5.32 Å². The van der Waals surface area contributed by atoms with E-state index in [0.717, 1.165) is 0 Å². The molecule has 13 nitrogen and oxygen atoms in total. The zero-order valence-corrected chi connectivity index (χ0v) is 23.8. The number of nitrogens with one attached hydrogen (secondary N) is 1. The van der Waals surface area contributed by atoms with Gasteiger partial charge in [0.25, 0.3) is 0 Å². The average molecular weight is 600 g/mol. The number of aliphatic hydroxyl groups excluding tert-OH is 1. The summed E-state index contributed by atoms with van der Waals surface area (Å²) in [6, 6.07) is 4.02. The Morgan fingerprint density at radius 2 is 1.86 bits per heavy atom. The summed E-state index contributed by atoms with van der Waals surface area (Å²) in [7, 11) is 1.34. The molecule has 0 amide bonds. The number of rotatable bonds is 4.